The van der Waals surface area contributed by atoms with Crippen LogP contribution in [0.15, 0.2) is 59.1 Å². The highest BCUT2D eigenvalue weighted by Gasteiger charge is 2.15. The summed E-state index contributed by atoms with van der Waals surface area (Å²) in [5.74, 6) is 0.0560. The molecule has 0 bridgehead atoms. The molecule has 0 aliphatic rings. The molecule has 6 nitrogen and oxygen atoms in total. The number of pyridine rings is 1. The van der Waals surface area contributed by atoms with Crippen LogP contribution >= 0.6 is 35.4 Å². The van der Waals surface area contributed by atoms with Crippen LogP contribution in [0.4, 0.5) is 5.69 Å². The molecule has 2 N–H and O–H groups in total. The lowest BCUT2D eigenvalue weighted by atomic mass is 10.1. The summed E-state index contributed by atoms with van der Waals surface area (Å²) in [4.78, 5) is 21.0. The zero-order valence-corrected chi connectivity index (χ0v) is 17.9. The van der Waals surface area contributed by atoms with E-state index in [0.29, 0.717) is 38.4 Å². The lowest BCUT2D eigenvalue weighted by Crippen LogP contribution is -2.34. The van der Waals surface area contributed by atoms with Gasteiger partial charge in [0.2, 0.25) is 5.89 Å². The van der Waals surface area contributed by atoms with Gasteiger partial charge in [-0.2, -0.15) is 4.98 Å². The minimum absolute atomic E-state index is 0.144. The molecule has 0 saturated heterocycles. The zero-order valence-electron chi connectivity index (χ0n) is 15.6. The van der Waals surface area contributed by atoms with Crippen molar-refractivity contribution in [1.82, 2.24) is 15.3 Å². The maximum absolute atomic E-state index is 12.4. The average molecular weight is 457 g/mol. The summed E-state index contributed by atoms with van der Waals surface area (Å²) < 4.78 is 5.81. The van der Waals surface area contributed by atoms with E-state index < -0.39 is 5.91 Å². The first-order chi connectivity index (χ1) is 14.4. The van der Waals surface area contributed by atoms with Crippen molar-refractivity contribution >= 4 is 63.4 Å². The molecular weight excluding hydrogens is 443 g/mol. The number of hydrogen-bond donors (Lipinski definition) is 2. The molecule has 2 aromatic heterocycles. The van der Waals surface area contributed by atoms with E-state index in [1.54, 1.807) is 24.4 Å². The van der Waals surface area contributed by atoms with Gasteiger partial charge in [-0.25, -0.2) is 4.98 Å². The van der Waals surface area contributed by atoms with Gasteiger partial charge in [0.15, 0.2) is 16.3 Å². The number of amides is 1. The Bertz CT molecular complexity index is 1260. The van der Waals surface area contributed by atoms with Gasteiger partial charge in [0.25, 0.3) is 5.91 Å². The van der Waals surface area contributed by atoms with Crippen LogP contribution in [-0.4, -0.2) is 21.0 Å². The summed E-state index contributed by atoms with van der Waals surface area (Å²) in [6, 6.07) is 13.8. The second kappa shape index (κ2) is 8.39. The third kappa shape index (κ3) is 4.14. The Balaban J connectivity index is 1.53. The monoisotopic (exact) mass is 456 g/mol. The number of thiocarbonyl (C=S) groups is 1. The molecule has 1 amide bonds. The van der Waals surface area contributed by atoms with E-state index in [-0.39, 0.29) is 5.11 Å². The van der Waals surface area contributed by atoms with Crippen molar-refractivity contribution in [3.8, 4) is 11.5 Å². The van der Waals surface area contributed by atoms with Gasteiger partial charge < -0.3 is 9.73 Å². The van der Waals surface area contributed by atoms with Crippen molar-refractivity contribution in [2.75, 3.05) is 5.32 Å². The van der Waals surface area contributed by atoms with Crippen molar-refractivity contribution in [1.29, 1.82) is 0 Å². The summed E-state index contributed by atoms with van der Waals surface area (Å²) in [6.07, 6.45) is 1.66. The predicted octanol–water partition coefficient (Wildman–Crippen LogP) is 5.63. The number of carbonyl (C=O) groups is 1. The summed E-state index contributed by atoms with van der Waals surface area (Å²) in [5, 5.41) is 6.47. The summed E-state index contributed by atoms with van der Waals surface area (Å²) in [5.41, 5.74) is 3.84. The Labute approximate surface area is 187 Å². The molecule has 150 valence electrons. The van der Waals surface area contributed by atoms with Crippen molar-refractivity contribution < 1.29 is 9.21 Å². The quantitative estimate of drug-likeness (QED) is 0.388. The number of carbonyl (C=O) groups excluding carboxylic acids is 1. The number of rotatable bonds is 3. The van der Waals surface area contributed by atoms with E-state index in [1.165, 1.54) is 6.07 Å². The van der Waals surface area contributed by atoms with Crippen molar-refractivity contribution in [2.45, 2.75) is 6.92 Å². The van der Waals surface area contributed by atoms with Crippen LogP contribution in [0.1, 0.15) is 15.9 Å². The van der Waals surface area contributed by atoms with Gasteiger partial charge in [-0.15, -0.1) is 0 Å². The Kier molecular flexibility index (Phi) is 5.67. The SMILES string of the molecule is Cc1c(NC(=S)NC(=O)c2ccc(Cl)c(Cl)c2)cccc1-c1nc2ncccc2o1. The minimum Gasteiger partial charge on any atom is -0.434 e. The van der Waals surface area contributed by atoms with Crippen LogP contribution in [0, 0.1) is 6.92 Å². The largest absolute Gasteiger partial charge is 0.434 e. The topological polar surface area (TPSA) is 80.0 Å². The van der Waals surface area contributed by atoms with Gasteiger partial charge in [0.1, 0.15) is 0 Å². The van der Waals surface area contributed by atoms with Crippen LogP contribution in [0.3, 0.4) is 0 Å². The number of halogens is 2. The molecule has 4 rings (SSSR count). The highest BCUT2D eigenvalue weighted by atomic mass is 35.5. The van der Waals surface area contributed by atoms with Gasteiger partial charge >= 0.3 is 0 Å². The van der Waals surface area contributed by atoms with Crippen LogP contribution in [0.25, 0.3) is 22.7 Å². The molecule has 30 heavy (non-hydrogen) atoms. The highest BCUT2D eigenvalue weighted by molar-refractivity contribution is 7.80. The number of benzene rings is 2. The number of anilines is 1. The molecule has 4 aromatic rings. The normalized spacial score (nSPS) is 10.8. The van der Waals surface area contributed by atoms with E-state index in [2.05, 4.69) is 20.6 Å². The first-order valence-electron chi connectivity index (χ1n) is 8.81. The van der Waals surface area contributed by atoms with E-state index >= 15 is 0 Å². The second-order valence-electron chi connectivity index (χ2n) is 6.36. The van der Waals surface area contributed by atoms with Gasteiger partial charge in [-0.05, 0) is 67.2 Å². The number of aromatic nitrogens is 2. The molecule has 0 saturated carbocycles. The fourth-order valence-corrected chi connectivity index (χ4v) is 3.35. The maximum Gasteiger partial charge on any atom is 0.257 e. The number of nitrogens with one attached hydrogen (secondary N) is 2. The number of hydrogen-bond acceptors (Lipinski definition) is 5. The number of fused-ring (bicyclic) bond motifs is 1. The van der Waals surface area contributed by atoms with E-state index in [0.717, 1.165) is 11.1 Å². The molecule has 0 atom stereocenters. The molecule has 2 heterocycles. The molecule has 0 unspecified atom stereocenters. The van der Waals surface area contributed by atoms with Gasteiger partial charge in [0, 0.05) is 23.0 Å². The smallest absolute Gasteiger partial charge is 0.257 e. The van der Waals surface area contributed by atoms with E-state index in [4.69, 9.17) is 39.8 Å². The fraction of sp³-hybridized carbons (Fsp3) is 0.0476. The Morgan fingerprint density at radius 2 is 1.93 bits per heavy atom. The Hall–Kier alpha value is -3.00. The average Bonchev–Trinajstić information content (AvgIpc) is 3.15. The predicted molar refractivity (Wildman–Crippen MR) is 122 cm³/mol. The van der Waals surface area contributed by atoms with Gasteiger partial charge in [0.05, 0.1) is 10.0 Å². The number of nitrogens with zero attached hydrogens (tertiary/aromatic N) is 2. The first-order valence-corrected chi connectivity index (χ1v) is 9.98. The Morgan fingerprint density at radius 3 is 2.70 bits per heavy atom. The molecule has 0 aliphatic heterocycles. The molecular formula is C21H14Cl2N4O2S. The van der Waals surface area contributed by atoms with Crippen LogP contribution in [0.2, 0.25) is 10.0 Å². The highest BCUT2D eigenvalue weighted by Crippen LogP contribution is 2.30. The fourth-order valence-electron chi connectivity index (χ4n) is 2.85. The molecule has 0 spiro atoms. The van der Waals surface area contributed by atoms with Crippen LogP contribution in [-0.2, 0) is 0 Å². The van der Waals surface area contributed by atoms with Crippen molar-refractivity contribution in [3.63, 3.8) is 0 Å². The standard InChI is InChI=1S/C21H14Cl2N4O2S/c1-11-13(20-26-18-17(29-20)6-3-9-24-18)4-2-5-16(11)25-21(30)27-19(28)12-7-8-14(22)15(23)10-12/h2-10H,1H3,(H2,25,27,28,30). The van der Waals surface area contributed by atoms with E-state index in [1.807, 2.05) is 31.2 Å². The van der Waals surface area contributed by atoms with Crippen molar-refractivity contribution in [2.24, 2.45) is 0 Å². The van der Waals surface area contributed by atoms with Gasteiger partial charge in [-0.3, -0.25) is 10.1 Å². The summed E-state index contributed by atoms with van der Waals surface area (Å²) in [6.45, 7) is 1.91. The zero-order chi connectivity index (χ0) is 21.3. The van der Waals surface area contributed by atoms with E-state index in [9.17, 15) is 4.79 Å². The summed E-state index contributed by atoms with van der Waals surface area (Å²) >= 11 is 17.2. The third-order valence-electron chi connectivity index (χ3n) is 4.39. The van der Waals surface area contributed by atoms with Crippen LogP contribution in [0.5, 0.6) is 0 Å². The van der Waals surface area contributed by atoms with Crippen molar-refractivity contribution in [3.05, 3.63) is 75.9 Å². The maximum atomic E-state index is 12.4. The second-order valence-corrected chi connectivity index (χ2v) is 7.58. The molecule has 0 radical (unpaired) electrons. The summed E-state index contributed by atoms with van der Waals surface area (Å²) in [7, 11) is 0. The number of oxazole rings is 1. The minimum atomic E-state index is -0.398. The molecule has 9 heteroatoms. The first kappa shape index (κ1) is 20.3. The lowest BCUT2D eigenvalue weighted by molar-refractivity contribution is 0.0977. The molecule has 0 fully saturated rings. The Morgan fingerprint density at radius 1 is 1.10 bits per heavy atom. The van der Waals surface area contributed by atoms with Gasteiger partial charge in [-0.1, -0.05) is 29.3 Å². The third-order valence-corrected chi connectivity index (χ3v) is 5.33. The molecule has 2 aromatic carbocycles. The molecule has 0 aliphatic carbocycles. The van der Waals surface area contributed by atoms with Crippen LogP contribution < -0.4 is 10.6 Å². The lowest BCUT2D eigenvalue weighted by Gasteiger charge is -2.13.